The van der Waals surface area contributed by atoms with Crippen molar-refractivity contribution in [2.24, 2.45) is 5.73 Å². The van der Waals surface area contributed by atoms with Gasteiger partial charge >= 0.3 is 5.97 Å². The third-order valence-corrected chi connectivity index (χ3v) is 2.23. The Bertz CT molecular complexity index is 436. The molecule has 0 spiro atoms. The van der Waals surface area contributed by atoms with Crippen LogP contribution in [0.1, 0.15) is 5.56 Å². The number of hydrogen-bond acceptors (Lipinski definition) is 4. The molecule has 0 unspecified atom stereocenters. The predicted molar refractivity (Wildman–Crippen MR) is 57.4 cm³/mol. The third-order valence-electron chi connectivity index (χ3n) is 2.00. The van der Waals surface area contributed by atoms with Crippen LogP contribution in [-0.2, 0) is 11.2 Å². The minimum absolute atomic E-state index is 0.133. The Morgan fingerprint density at radius 1 is 1.62 bits per heavy atom. The number of carboxylic acids is 1. The molecule has 0 amide bonds. The molecular weight excluding hydrogens is 236 g/mol. The van der Waals surface area contributed by atoms with Crippen LogP contribution in [0.5, 0.6) is 0 Å². The van der Waals surface area contributed by atoms with Crippen LogP contribution < -0.4 is 5.73 Å². The number of nitrogens with two attached hydrogens (primary N) is 1. The van der Waals surface area contributed by atoms with Crippen molar-refractivity contribution in [2.45, 2.75) is 12.5 Å². The highest BCUT2D eigenvalue weighted by Gasteiger charge is 2.19. The lowest BCUT2D eigenvalue weighted by molar-refractivity contribution is -0.385. The summed E-state index contributed by atoms with van der Waals surface area (Å²) in [5.41, 5.74) is 5.34. The predicted octanol–water partition coefficient (Wildman–Crippen LogP) is 1.20. The Balaban J connectivity index is 3.05. The van der Waals surface area contributed by atoms with Crippen LogP contribution in [0.2, 0.25) is 5.02 Å². The molecule has 3 N–H and O–H groups in total. The van der Waals surface area contributed by atoms with E-state index in [1.165, 1.54) is 18.2 Å². The minimum atomic E-state index is -1.21. The molecule has 86 valence electrons. The van der Waals surface area contributed by atoms with Crippen molar-refractivity contribution >= 4 is 23.3 Å². The van der Waals surface area contributed by atoms with Crippen molar-refractivity contribution in [3.05, 3.63) is 38.9 Å². The standard InChI is InChI=1S/C9H9ClN2O4/c10-6-1-2-8(12(15)16)5(3-6)4-7(11)9(13)14/h1-3,7H,4,11H2,(H,13,14)/t7-/m0/s1. The second kappa shape index (κ2) is 4.91. The molecule has 1 aromatic rings. The van der Waals surface area contributed by atoms with Crippen molar-refractivity contribution in [3.63, 3.8) is 0 Å². The van der Waals surface area contributed by atoms with Crippen LogP contribution in [0, 0.1) is 10.1 Å². The van der Waals surface area contributed by atoms with E-state index in [1.54, 1.807) is 0 Å². The largest absolute Gasteiger partial charge is 0.480 e. The van der Waals surface area contributed by atoms with E-state index in [1.807, 2.05) is 0 Å². The van der Waals surface area contributed by atoms with Crippen LogP contribution in [0.25, 0.3) is 0 Å². The van der Waals surface area contributed by atoms with Gasteiger partial charge in [-0.3, -0.25) is 14.9 Å². The highest BCUT2D eigenvalue weighted by molar-refractivity contribution is 6.30. The Morgan fingerprint density at radius 2 is 2.25 bits per heavy atom. The highest BCUT2D eigenvalue weighted by Crippen LogP contribution is 2.23. The zero-order valence-corrected chi connectivity index (χ0v) is 8.85. The number of benzene rings is 1. The summed E-state index contributed by atoms with van der Waals surface area (Å²) in [6.07, 6.45) is -0.133. The maximum Gasteiger partial charge on any atom is 0.320 e. The molecule has 0 aliphatic heterocycles. The second-order valence-electron chi connectivity index (χ2n) is 3.18. The molecule has 0 saturated carbocycles. The van der Waals surface area contributed by atoms with Gasteiger partial charge in [0.15, 0.2) is 0 Å². The molecule has 0 aliphatic rings. The molecule has 7 heteroatoms. The summed E-state index contributed by atoms with van der Waals surface area (Å²) >= 11 is 5.67. The lowest BCUT2D eigenvalue weighted by Gasteiger charge is -2.07. The van der Waals surface area contributed by atoms with Gasteiger partial charge in [0.2, 0.25) is 0 Å². The number of hydrogen-bond donors (Lipinski definition) is 2. The first-order valence-corrected chi connectivity index (χ1v) is 4.71. The topological polar surface area (TPSA) is 106 Å². The molecule has 0 saturated heterocycles. The molecule has 0 aliphatic carbocycles. The molecule has 0 heterocycles. The van der Waals surface area contributed by atoms with E-state index in [9.17, 15) is 14.9 Å². The fraction of sp³-hybridized carbons (Fsp3) is 0.222. The Hall–Kier alpha value is -1.66. The third kappa shape index (κ3) is 2.91. The van der Waals surface area contributed by atoms with Gasteiger partial charge in [0, 0.05) is 23.1 Å². The molecule has 0 radical (unpaired) electrons. The summed E-state index contributed by atoms with van der Waals surface area (Å²) < 4.78 is 0. The minimum Gasteiger partial charge on any atom is -0.480 e. The number of nitro benzene ring substituents is 1. The number of nitro groups is 1. The lowest BCUT2D eigenvalue weighted by Crippen LogP contribution is -2.32. The van der Waals surface area contributed by atoms with Crippen LogP contribution in [0.3, 0.4) is 0 Å². The highest BCUT2D eigenvalue weighted by atomic mass is 35.5. The molecule has 16 heavy (non-hydrogen) atoms. The number of aliphatic carboxylic acids is 1. The van der Waals surface area contributed by atoms with Gasteiger partial charge in [0.05, 0.1) is 4.92 Å². The van der Waals surface area contributed by atoms with Crippen LogP contribution in [-0.4, -0.2) is 22.0 Å². The van der Waals surface area contributed by atoms with Gasteiger partial charge in [0.25, 0.3) is 5.69 Å². The van der Waals surface area contributed by atoms with E-state index in [2.05, 4.69) is 0 Å². The quantitative estimate of drug-likeness (QED) is 0.611. The monoisotopic (exact) mass is 244 g/mol. The molecule has 0 bridgehead atoms. The zero-order valence-electron chi connectivity index (χ0n) is 8.09. The van der Waals surface area contributed by atoms with Crippen molar-refractivity contribution in [3.8, 4) is 0 Å². The molecule has 0 fully saturated rings. The van der Waals surface area contributed by atoms with Gasteiger partial charge in [-0.1, -0.05) is 11.6 Å². The molecular formula is C9H9ClN2O4. The van der Waals surface area contributed by atoms with Crippen LogP contribution in [0.4, 0.5) is 5.69 Å². The second-order valence-corrected chi connectivity index (χ2v) is 3.62. The van der Waals surface area contributed by atoms with Gasteiger partial charge in [0.1, 0.15) is 6.04 Å². The SMILES string of the molecule is N[C@@H](Cc1cc(Cl)ccc1[N+](=O)[O-])C(=O)O. The summed E-state index contributed by atoms with van der Waals surface area (Å²) in [6, 6.07) is 2.77. The summed E-state index contributed by atoms with van der Waals surface area (Å²) in [4.78, 5) is 20.6. The average Bonchev–Trinajstić information content (AvgIpc) is 2.16. The first-order chi connectivity index (χ1) is 7.41. The maximum absolute atomic E-state index is 10.7. The maximum atomic E-state index is 10.7. The summed E-state index contributed by atoms with van der Waals surface area (Å²) in [6.45, 7) is 0. The van der Waals surface area contributed by atoms with Crippen LogP contribution >= 0.6 is 11.6 Å². The van der Waals surface area contributed by atoms with Gasteiger partial charge in [-0.05, 0) is 12.1 Å². The van der Waals surface area contributed by atoms with Gasteiger partial charge in [-0.25, -0.2) is 0 Å². The van der Waals surface area contributed by atoms with E-state index in [0.717, 1.165) is 0 Å². The Morgan fingerprint density at radius 3 is 2.75 bits per heavy atom. The number of halogens is 1. The van der Waals surface area contributed by atoms with Crippen molar-refractivity contribution in [1.29, 1.82) is 0 Å². The fourth-order valence-corrected chi connectivity index (χ4v) is 1.41. The molecule has 0 aromatic heterocycles. The van der Waals surface area contributed by atoms with E-state index in [0.29, 0.717) is 5.02 Å². The van der Waals surface area contributed by atoms with Gasteiger partial charge in [-0.2, -0.15) is 0 Å². The molecule has 1 rings (SSSR count). The van der Waals surface area contributed by atoms with Crippen molar-refractivity contribution in [2.75, 3.05) is 0 Å². The van der Waals surface area contributed by atoms with E-state index >= 15 is 0 Å². The average molecular weight is 245 g/mol. The van der Waals surface area contributed by atoms with E-state index in [-0.39, 0.29) is 17.7 Å². The first kappa shape index (κ1) is 12.4. The van der Waals surface area contributed by atoms with Gasteiger partial charge < -0.3 is 10.8 Å². The molecule has 1 aromatic carbocycles. The van der Waals surface area contributed by atoms with E-state index in [4.69, 9.17) is 22.4 Å². The molecule has 1 atom stereocenters. The molecule has 6 nitrogen and oxygen atoms in total. The van der Waals surface area contributed by atoms with E-state index < -0.39 is 16.9 Å². The number of nitrogens with zero attached hydrogens (tertiary/aromatic N) is 1. The van der Waals surface area contributed by atoms with Crippen LogP contribution in [0.15, 0.2) is 18.2 Å². The van der Waals surface area contributed by atoms with Crippen molar-refractivity contribution in [1.82, 2.24) is 0 Å². The number of carbonyl (C=O) groups is 1. The fourth-order valence-electron chi connectivity index (χ4n) is 1.22. The van der Waals surface area contributed by atoms with Gasteiger partial charge in [-0.15, -0.1) is 0 Å². The number of rotatable bonds is 4. The Kier molecular flexibility index (Phi) is 3.81. The zero-order chi connectivity index (χ0) is 12.3. The first-order valence-electron chi connectivity index (χ1n) is 4.33. The summed E-state index contributed by atoms with van der Waals surface area (Å²) in [5.74, 6) is -1.21. The van der Waals surface area contributed by atoms with Crippen molar-refractivity contribution < 1.29 is 14.8 Å². The smallest absolute Gasteiger partial charge is 0.320 e. The normalized spacial score (nSPS) is 12.1. The summed E-state index contributed by atoms with van der Waals surface area (Å²) in [5, 5.41) is 19.6. The Labute approximate surface area is 95.8 Å². The summed E-state index contributed by atoms with van der Waals surface area (Å²) in [7, 11) is 0. The lowest BCUT2D eigenvalue weighted by atomic mass is 10.0. The number of carboxylic acid groups (broad SMARTS) is 1.